The zero-order chi connectivity index (χ0) is 24.0. The van der Waals surface area contributed by atoms with E-state index in [2.05, 4.69) is 17.4 Å². The second-order valence-corrected chi connectivity index (χ2v) is 10.0. The number of hydrogen-bond acceptors (Lipinski definition) is 7. The Morgan fingerprint density at radius 2 is 1.61 bits per heavy atom. The highest BCUT2D eigenvalue weighted by Gasteiger charge is 2.31. The van der Waals surface area contributed by atoms with Crippen molar-refractivity contribution in [3.8, 4) is 11.1 Å². The maximum atomic E-state index is 12.6. The Kier molecular flexibility index (Phi) is 8.40. The lowest BCUT2D eigenvalue weighted by Gasteiger charge is -2.24. The molecule has 3 N–H and O–H groups in total. The van der Waals surface area contributed by atoms with Gasteiger partial charge in [-0.15, -0.1) is 0 Å². The minimum atomic E-state index is -0.948. The Hall–Kier alpha value is -2.55. The summed E-state index contributed by atoms with van der Waals surface area (Å²) in [5, 5.41) is 21.1. The van der Waals surface area contributed by atoms with Crippen LogP contribution in [0.1, 0.15) is 37.8 Å². The van der Waals surface area contributed by atoms with Gasteiger partial charge in [-0.1, -0.05) is 48.5 Å². The van der Waals surface area contributed by atoms with Crippen LogP contribution in [0, 0.1) is 0 Å². The molecule has 0 spiro atoms. The van der Waals surface area contributed by atoms with Crippen LogP contribution in [0.3, 0.4) is 0 Å². The monoisotopic (exact) mass is 473 g/mol. The van der Waals surface area contributed by atoms with Crippen molar-refractivity contribution in [2.75, 3.05) is 24.7 Å². The number of benzene rings is 2. The van der Waals surface area contributed by atoms with Gasteiger partial charge in [-0.05, 0) is 43.0 Å². The molecule has 7 nitrogen and oxygen atoms in total. The highest BCUT2D eigenvalue weighted by molar-refractivity contribution is 7.99. The third kappa shape index (κ3) is 6.72. The van der Waals surface area contributed by atoms with Gasteiger partial charge in [0.05, 0.1) is 12.7 Å². The first-order valence-electron chi connectivity index (χ1n) is 10.9. The number of ether oxygens (including phenoxy) is 2. The summed E-state index contributed by atoms with van der Waals surface area (Å²) < 4.78 is 11.0. The highest BCUT2D eigenvalue weighted by atomic mass is 32.2. The van der Waals surface area contributed by atoms with Crippen LogP contribution in [0.25, 0.3) is 11.1 Å². The summed E-state index contributed by atoms with van der Waals surface area (Å²) in [5.74, 6) is -0.266. The summed E-state index contributed by atoms with van der Waals surface area (Å²) in [6.07, 6.45) is -1.61. The van der Waals surface area contributed by atoms with E-state index >= 15 is 0 Å². The molecule has 2 aromatic rings. The lowest BCUT2D eigenvalue weighted by molar-refractivity contribution is -0.156. The molecule has 0 heterocycles. The number of carbonyl (C=O) groups excluding carboxylic acids is 2. The molecule has 0 radical (unpaired) electrons. The maximum absolute atomic E-state index is 12.6. The molecule has 2 atom stereocenters. The van der Waals surface area contributed by atoms with Crippen molar-refractivity contribution in [1.82, 2.24) is 5.32 Å². The van der Waals surface area contributed by atoms with E-state index in [1.54, 1.807) is 20.8 Å². The number of thioether (sulfide) groups is 1. The first kappa shape index (κ1) is 25.1. The van der Waals surface area contributed by atoms with Crippen LogP contribution in [-0.2, 0) is 14.3 Å². The number of carbonyl (C=O) groups is 2. The Morgan fingerprint density at radius 1 is 1.03 bits per heavy atom. The van der Waals surface area contributed by atoms with Gasteiger partial charge in [-0.2, -0.15) is 11.8 Å². The summed E-state index contributed by atoms with van der Waals surface area (Å²) in [6, 6.07) is 15.2. The van der Waals surface area contributed by atoms with Crippen molar-refractivity contribution in [3.05, 3.63) is 59.7 Å². The lowest BCUT2D eigenvalue weighted by Crippen LogP contribution is -2.46. The molecule has 0 aliphatic heterocycles. The molecule has 1 aliphatic rings. The van der Waals surface area contributed by atoms with Crippen molar-refractivity contribution in [3.63, 3.8) is 0 Å². The minimum absolute atomic E-state index is 0.0859. The lowest BCUT2D eigenvalue weighted by atomic mass is 9.98. The Balaban J connectivity index is 1.64. The van der Waals surface area contributed by atoms with E-state index in [1.165, 1.54) is 11.8 Å². The maximum Gasteiger partial charge on any atom is 0.407 e. The molecule has 1 amide bonds. The fraction of sp³-hybridized carbons (Fsp3) is 0.440. The quantitative estimate of drug-likeness (QED) is 0.480. The van der Waals surface area contributed by atoms with Gasteiger partial charge in [-0.25, -0.2) is 9.59 Å². The predicted octanol–water partition coefficient (Wildman–Crippen LogP) is 3.32. The first-order chi connectivity index (χ1) is 15.7. The molecule has 33 heavy (non-hydrogen) atoms. The number of alkyl carbamates (subject to hydrolysis) is 1. The molecule has 0 fully saturated rings. The molecule has 0 saturated carbocycles. The second-order valence-electron chi connectivity index (χ2n) is 8.93. The summed E-state index contributed by atoms with van der Waals surface area (Å²) in [4.78, 5) is 25.2. The van der Waals surface area contributed by atoms with Gasteiger partial charge >= 0.3 is 12.1 Å². The molecule has 0 aromatic heterocycles. The van der Waals surface area contributed by atoms with Gasteiger partial charge in [0.1, 0.15) is 18.2 Å². The average molecular weight is 474 g/mol. The van der Waals surface area contributed by atoms with Gasteiger partial charge in [0.15, 0.2) is 0 Å². The van der Waals surface area contributed by atoms with Gasteiger partial charge in [0.2, 0.25) is 0 Å². The number of amides is 1. The van der Waals surface area contributed by atoms with Crippen LogP contribution in [0.4, 0.5) is 4.79 Å². The summed E-state index contributed by atoms with van der Waals surface area (Å²) in [5.41, 5.74) is 3.75. The number of hydrogen-bond donors (Lipinski definition) is 3. The zero-order valence-electron chi connectivity index (χ0n) is 19.1. The van der Waals surface area contributed by atoms with Crippen molar-refractivity contribution >= 4 is 23.8 Å². The number of esters is 1. The minimum Gasteiger partial charge on any atom is -0.458 e. The second kappa shape index (κ2) is 11.0. The Morgan fingerprint density at radius 3 is 2.15 bits per heavy atom. The standard InChI is InChI=1S/C25H31NO6S/c1-25(2,3)32-23(29)22(15-33-14-16(28)12-27)26-24(30)31-13-21-19-10-6-4-8-17(19)18-9-5-7-11-20(18)21/h4-11,16,21-22,27-28H,12-15H2,1-3H3,(H,26,30)/t16-,22-/m1/s1. The van der Waals surface area contributed by atoms with Gasteiger partial charge in [0, 0.05) is 17.4 Å². The fourth-order valence-electron chi connectivity index (χ4n) is 3.70. The topological polar surface area (TPSA) is 105 Å². The van der Waals surface area contributed by atoms with Gasteiger partial charge in [-0.3, -0.25) is 0 Å². The van der Waals surface area contributed by atoms with E-state index in [-0.39, 0.29) is 30.6 Å². The predicted molar refractivity (Wildman–Crippen MR) is 128 cm³/mol. The van der Waals surface area contributed by atoms with Crippen LogP contribution in [0.15, 0.2) is 48.5 Å². The van der Waals surface area contributed by atoms with Crippen LogP contribution in [0.5, 0.6) is 0 Å². The van der Waals surface area contributed by atoms with E-state index in [4.69, 9.17) is 14.6 Å². The molecule has 0 bridgehead atoms. The van der Waals surface area contributed by atoms with Crippen molar-refractivity contribution < 1.29 is 29.3 Å². The first-order valence-corrected chi connectivity index (χ1v) is 12.1. The van der Waals surface area contributed by atoms with E-state index in [1.807, 2.05) is 36.4 Å². The summed E-state index contributed by atoms with van der Waals surface area (Å²) >= 11 is 1.23. The van der Waals surface area contributed by atoms with Crippen LogP contribution < -0.4 is 5.32 Å². The highest BCUT2D eigenvalue weighted by Crippen LogP contribution is 2.44. The Bertz CT molecular complexity index is 928. The summed E-state index contributed by atoms with van der Waals surface area (Å²) in [7, 11) is 0. The largest absolute Gasteiger partial charge is 0.458 e. The third-order valence-corrected chi connectivity index (χ3v) is 6.32. The number of nitrogens with one attached hydrogen (secondary N) is 1. The van der Waals surface area contributed by atoms with Gasteiger partial charge < -0.3 is 25.0 Å². The number of aliphatic hydroxyl groups is 2. The molecule has 2 aromatic carbocycles. The number of fused-ring (bicyclic) bond motifs is 3. The smallest absolute Gasteiger partial charge is 0.407 e. The van der Waals surface area contributed by atoms with Crippen LogP contribution in [-0.4, -0.2) is 64.7 Å². The molecule has 3 rings (SSSR count). The SMILES string of the molecule is CC(C)(C)OC(=O)[C@@H](CSC[C@H](O)CO)NC(=O)OCC1c2ccccc2-c2ccccc21. The van der Waals surface area contributed by atoms with Crippen molar-refractivity contribution in [2.45, 2.75) is 44.4 Å². The zero-order valence-corrected chi connectivity index (χ0v) is 19.9. The number of rotatable bonds is 9. The van der Waals surface area contributed by atoms with Gasteiger partial charge in [0.25, 0.3) is 0 Å². The van der Waals surface area contributed by atoms with Crippen molar-refractivity contribution in [1.29, 1.82) is 0 Å². The van der Waals surface area contributed by atoms with Crippen LogP contribution >= 0.6 is 11.8 Å². The van der Waals surface area contributed by atoms with Crippen LogP contribution in [0.2, 0.25) is 0 Å². The normalized spacial score (nSPS) is 14.7. The average Bonchev–Trinajstić information content (AvgIpc) is 3.09. The van der Waals surface area contributed by atoms with E-state index in [0.29, 0.717) is 0 Å². The van der Waals surface area contributed by atoms with Crippen molar-refractivity contribution in [2.24, 2.45) is 0 Å². The molecule has 1 aliphatic carbocycles. The molecule has 0 saturated heterocycles. The molecule has 8 heteroatoms. The molecule has 0 unspecified atom stereocenters. The molecule has 178 valence electrons. The third-order valence-electron chi connectivity index (χ3n) is 5.13. The summed E-state index contributed by atoms with van der Waals surface area (Å²) in [6.45, 7) is 5.01. The van der Waals surface area contributed by atoms with E-state index < -0.39 is 29.8 Å². The Labute approximate surface area is 198 Å². The van der Waals surface area contributed by atoms with E-state index in [9.17, 15) is 14.7 Å². The van der Waals surface area contributed by atoms with E-state index in [0.717, 1.165) is 22.3 Å². The fourth-order valence-corrected chi connectivity index (χ4v) is 4.67. The molecular formula is C25H31NO6S. The number of aliphatic hydroxyl groups excluding tert-OH is 2. The molecular weight excluding hydrogens is 442 g/mol.